The maximum absolute atomic E-state index is 12.5. The normalized spacial score (nSPS) is 10.1. The highest BCUT2D eigenvalue weighted by molar-refractivity contribution is 6.31. The number of nitrogens with zero attached hydrogens (tertiary/aromatic N) is 3. The molecule has 0 aliphatic rings. The number of hydrogen-bond acceptors (Lipinski definition) is 5. The molecule has 1 amide bonds. The molecule has 1 heterocycles. The molecule has 2 N–H and O–H groups in total. The van der Waals surface area contributed by atoms with Gasteiger partial charge in [0, 0.05) is 23.3 Å². The van der Waals surface area contributed by atoms with Gasteiger partial charge in [0.25, 0.3) is 5.91 Å². The van der Waals surface area contributed by atoms with Gasteiger partial charge >= 0.3 is 0 Å². The first kappa shape index (κ1) is 18.4. The molecule has 0 saturated carbocycles. The molecule has 6 nitrogen and oxygen atoms in total. The molecule has 0 fully saturated rings. The second-order valence-corrected chi connectivity index (χ2v) is 6.18. The molecule has 0 unspecified atom stereocenters. The van der Waals surface area contributed by atoms with Crippen molar-refractivity contribution in [3.63, 3.8) is 0 Å². The molecule has 0 aliphatic heterocycles. The van der Waals surface area contributed by atoms with Crippen LogP contribution < -0.4 is 10.6 Å². The Morgan fingerprint density at radius 2 is 1.96 bits per heavy atom. The molecule has 3 rings (SSSR count). The number of nitriles is 1. The average molecular weight is 378 g/mol. The summed E-state index contributed by atoms with van der Waals surface area (Å²) in [6, 6.07) is 18.0. The van der Waals surface area contributed by atoms with Gasteiger partial charge in [0.15, 0.2) is 0 Å². The number of carbonyl (C=O) groups is 1. The lowest BCUT2D eigenvalue weighted by Crippen LogP contribution is -2.24. The van der Waals surface area contributed by atoms with Crippen molar-refractivity contribution in [3.05, 3.63) is 82.3 Å². The fraction of sp³-hybridized carbons (Fsp3) is 0.100. The van der Waals surface area contributed by atoms with Crippen LogP contribution in [0.4, 0.5) is 11.5 Å². The van der Waals surface area contributed by atoms with E-state index in [1.807, 2.05) is 24.3 Å². The fourth-order valence-corrected chi connectivity index (χ4v) is 2.67. The SMILES string of the molecule is Cc1nc(Nc2cccc(C#N)c2)cc(C(=O)NCc2ccccc2Cl)n1. The van der Waals surface area contributed by atoms with Crippen LogP contribution >= 0.6 is 11.6 Å². The van der Waals surface area contributed by atoms with Gasteiger partial charge in [0.1, 0.15) is 17.3 Å². The molecule has 0 atom stereocenters. The van der Waals surface area contributed by atoms with Crippen LogP contribution in [0.3, 0.4) is 0 Å². The van der Waals surface area contributed by atoms with Crippen LogP contribution in [0, 0.1) is 18.3 Å². The largest absolute Gasteiger partial charge is 0.347 e. The number of benzene rings is 2. The summed E-state index contributed by atoms with van der Waals surface area (Å²) in [6.45, 7) is 2.01. The minimum atomic E-state index is -0.325. The highest BCUT2D eigenvalue weighted by Gasteiger charge is 2.11. The molecule has 0 saturated heterocycles. The van der Waals surface area contributed by atoms with Crippen molar-refractivity contribution in [1.82, 2.24) is 15.3 Å². The number of halogens is 1. The van der Waals surface area contributed by atoms with E-state index in [1.165, 1.54) is 0 Å². The first-order chi connectivity index (χ1) is 13.0. The van der Waals surface area contributed by atoms with Crippen LogP contribution in [-0.4, -0.2) is 15.9 Å². The predicted octanol–water partition coefficient (Wildman–Crippen LogP) is 3.98. The monoisotopic (exact) mass is 377 g/mol. The number of hydrogen-bond donors (Lipinski definition) is 2. The molecule has 134 valence electrons. The third-order valence-corrected chi connectivity index (χ3v) is 4.10. The Balaban J connectivity index is 1.75. The number of carbonyl (C=O) groups excluding carboxylic acids is 1. The molecular weight excluding hydrogens is 362 g/mol. The lowest BCUT2D eigenvalue weighted by atomic mass is 10.2. The van der Waals surface area contributed by atoms with E-state index in [0.29, 0.717) is 34.5 Å². The minimum Gasteiger partial charge on any atom is -0.347 e. The van der Waals surface area contributed by atoms with Gasteiger partial charge in [0.05, 0.1) is 11.6 Å². The van der Waals surface area contributed by atoms with E-state index in [2.05, 4.69) is 26.7 Å². The van der Waals surface area contributed by atoms with Gasteiger partial charge in [0.2, 0.25) is 0 Å². The first-order valence-corrected chi connectivity index (χ1v) is 8.57. The lowest BCUT2D eigenvalue weighted by Gasteiger charge is -2.10. The van der Waals surface area contributed by atoms with Crippen LogP contribution in [0.2, 0.25) is 5.02 Å². The molecule has 0 spiro atoms. The maximum atomic E-state index is 12.5. The maximum Gasteiger partial charge on any atom is 0.270 e. The molecule has 2 aromatic carbocycles. The Bertz CT molecular complexity index is 1030. The van der Waals surface area contributed by atoms with Crippen LogP contribution in [0.25, 0.3) is 0 Å². The van der Waals surface area contributed by atoms with E-state index in [9.17, 15) is 4.79 Å². The van der Waals surface area contributed by atoms with Crippen molar-refractivity contribution < 1.29 is 4.79 Å². The summed E-state index contributed by atoms with van der Waals surface area (Å²) in [7, 11) is 0. The summed E-state index contributed by atoms with van der Waals surface area (Å²) in [6.07, 6.45) is 0. The van der Waals surface area contributed by atoms with Crippen molar-refractivity contribution >= 4 is 29.0 Å². The minimum absolute atomic E-state index is 0.244. The van der Waals surface area contributed by atoms with Crippen LogP contribution in [0.1, 0.15) is 27.4 Å². The number of nitrogens with one attached hydrogen (secondary N) is 2. The summed E-state index contributed by atoms with van der Waals surface area (Å²) >= 11 is 6.11. The van der Waals surface area contributed by atoms with E-state index in [-0.39, 0.29) is 11.6 Å². The Morgan fingerprint density at radius 1 is 1.15 bits per heavy atom. The van der Waals surface area contributed by atoms with E-state index >= 15 is 0 Å². The zero-order chi connectivity index (χ0) is 19.2. The standard InChI is InChI=1S/C20H16ClN5O/c1-13-24-18(20(27)23-12-15-6-2-3-8-17(15)21)10-19(25-13)26-16-7-4-5-14(9-16)11-22/h2-10H,12H2,1H3,(H,23,27)(H,24,25,26). The zero-order valence-corrected chi connectivity index (χ0v) is 15.3. The van der Waals surface area contributed by atoms with Gasteiger partial charge in [-0.2, -0.15) is 5.26 Å². The number of anilines is 2. The van der Waals surface area contributed by atoms with Crippen molar-refractivity contribution in [2.75, 3.05) is 5.32 Å². The molecule has 3 aromatic rings. The Kier molecular flexibility index (Phi) is 5.64. The highest BCUT2D eigenvalue weighted by Crippen LogP contribution is 2.17. The van der Waals surface area contributed by atoms with Gasteiger partial charge in [-0.25, -0.2) is 9.97 Å². The van der Waals surface area contributed by atoms with Gasteiger partial charge < -0.3 is 10.6 Å². The van der Waals surface area contributed by atoms with Gasteiger partial charge in [-0.15, -0.1) is 0 Å². The second kappa shape index (κ2) is 8.30. The van der Waals surface area contributed by atoms with E-state index in [1.54, 1.807) is 37.3 Å². The quantitative estimate of drug-likeness (QED) is 0.701. The molecule has 7 heteroatoms. The summed E-state index contributed by atoms with van der Waals surface area (Å²) in [5.74, 6) is 0.606. The van der Waals surface area contributed by atoms with E-state index in [4.69, 9.17) is 16.9 Å². The summed E-state index contributed by atoms with van der Waals surface area (Å²) in [5.41, 5.74) is 2.30. The Hall–Kier alpha value is -3.43. The Morgan fingerprint density at radius 3 is 2.74 bits per heavy atom. The number of aromatic nitrogens is 2. The number of rotatable bonds is 5. The summed E-state index contributed by atoms with van der Waals surface area (Å²) in [4.78, 5) is 21.0. The van der Waals surface area contributed by atoms with Gasteiger partial charge in [-0.1, -0.05) is 35.9 Å². The molecule has 1 aromatic heterocycles. The lowest BCUT2D eigenvalue weighted by molar-refractivity contribution is 0.0945. The summed E-state index contributed by atoms with van der Waals surface area (Å²) < 4.78 is 0. The van der Waals surface area contributed by atoms with Gasteiger partial charge in [-0.05, 0) is 36.8 Å². The molecule has 0 radical (unpaired) electrons. The van der Waals surface area contributed by atoms with Crippen LogP contribution in [-0.2, 0) is 6.54 Å². The molecular formula is C20H16ClN5O. The molecule has 0 bridgehead atoms. The van der Waals surface area contributed by atoms with Crippen LogP contribution in [0.15, 0.2) is 54.6 Å². The topological polar surface area (TPSA) is 90.7 Å². The second-order valence-electron chi connectivity index (χ2n) is 5.78. The van der Waals surface area contributed by atoms with Gasteiger partial charge in [-0.3, -0.25) is 4.79 Å². The van der Waals surface area contributed by atoms with E-state index < -0.39 is 0 Å². The third-order valence-electron chi connectivity index (χ3n) is 3.73. The number of aryl methyl sites for hydroxylation is 1. The first-order valence-electron chi connectivity index (χ1n) is 8.19. The highest BCUT2D eigenvalue weighted by atomic mass is 35.5. The zero-order valence-electron chi connectivity index (χ0n) is 14.5. The van der Waals surface area contributed by atoms with Crippen molar-refractivity contribution in [2.24, 2.45) is 0 Å². The van der Waals surface area contributed by atoms with Crippen molar-refractivity contribution in [1.29, 1.82) is 5.26 Å². The summed E-state index contributed by atoms with van der Waals surface area (Å²) in [5, 5.41) is 15.5. The number of amides is 1. The average Bonchev–Trinajstić information content (AvgIpc) is 2.67. The Labute approximate surface area is 161 Å². The molecule has 0 aliphatic carbocycles. The van der Waals surface area contributed by atoms with E-state index in [0.717, 1.165) is 5.56 Å². The van der Waals surface area contributed by atoms with Crippen molar-refractivity contribution in [3.8, 4) is 6.07 Å². The predicted molar refractivity (Wildman–Crippen MR) is 104 cm³/mol. The molecule has 27 heavy (non-hydrogen) atoms. The van der Waals surface area contributed by atoms with Crippen LogP contribution in [0.5, 0.6) is 0 Å². The third kappa shape index (κ3) is 4.81. The van der Waals surface area contributed by atoms with Crippen molar-refractivity contribution in [2.45, 2.75) is 13.5 Å². The smallest absolute Gasteiger partial charge is 0.270 e. The fourth-order valence-electron chi connectivity index (χ4n) is 2.47.